The van der Waals surface area contributed by atoms with Crippen molar-refractivity contribution < 1.29 is 13.2 Å². The first kappa shape index (κ1) is 15.0. The summed E-state index contributed by atoms with van der Waals surface area (Å²) in [6.07, 6.45) is 3.70. The lowest BCUT2D eigenvalue weighted by Crippen LogP contribution is -2.32. The summed E-state index contributed by atoms with van der Waals surface area (Å²) in [5.41, 5.74) is 0. The Balaban J connectivity index is 2.00. The summed E-state index contributed by atoms with van der Waals surface area (Å²) < 4.78 is 30.8. The van der Waals surface area contributed by atoms with E-state index in [1.807, 2.05) is 19.0 Å². The van der Waals surface area contributed by atoms with Crippen LogP contribution in [0.3, 0.4) is 0 Å². The van der Waals surface area contributed by atoms with Gasteiger partial charge in [-0.05, 0) is 13.3 Å². The van der Waals surface area contributed by atoms with E-state index in [1.165, 1.54) is 4.31 Å². The van der Waals surface area contributed by atoms with Gasteiger partial charge in [-0.15, -0.1) is 0 Å². The van der Waals surface area contributed by atoms with Gasteiger partial charge >= 0.3 is 0 Å². The molecule has 1 atom stereocenters. The van der Waals surface area contributed by atoms with E-state index in [2.05, 4.69) is 9.97 Å². The van der Waals surface area contributed by atoms with Crippen LogP contribution in [0.15, 0.2) is 12.4 Å². The van der Waals surface area contributed by atoms with Gasteiger partial charge in [-0.25, -0.2) is 8.42 Å². The van der Waals surface area contributed by atoms with Crippen molar-refractivity contribution in [2.45, 2.75) is 19.4 Å². The molecule has 0 saturated carbocycles. The highest BCUT2D eigenvalue weighted by Gasteiger charge is 2.31. The van der Waals surface area contributed by atoms with Gasteiger partial charge in [0.2, 0.25) is 15.9 Å². The highest BCUT2D eigenvalue weighted by molar-refractivity contribution is 7.89. The number of ether oxygens (including phenoxy) is 1. The molecule has 0 bridgehead atoms. The van der Waals surface area contributed by atoms with E-state index in [0.717, 1.165) is 0 Å². The molecular weight excluding hydrogens is 280 g/mol. The third-order valence-corrected chi connectivity index (χ3v) is 5.06. The van der Waals surface area contributed by atoms with E-state index >= 15 is 0 Å². The predicted molar refractivity (Wildman–Crippen MR) is 76.4 cm³/mol. The molecule has 1 aromatic heterocycles. The van der Waals surface area contributed by atoms with Gasteiger partial charge in [0.1, 0.15) is 6.10 Å². The lowest BCUT2D eigenvalue weighted by molar-refractivity contribution is 0.206. The quantitative estimate of drug-likeness (QED) is 0.781. The average Bonchev–Trinajstić information content (AvgIpc) is 2.88. The number of hydrogen-bond acceptors (Lipinski definition) is 6. The first-order valence-electron chi connectivity index (χ1n) is 6.56. The third-order valence-electron chi connectivity index (χ3n) is 3.21. The fraction of sp³-hybridized carbons (Fsp3) is 0.667. The Morgan fingerprint density at radius 1 is 1.45 bits per heavy atom. The topological polar surface area (TPSA) is 75.6 Å². The fourth-order valence-electron chi connectivity index (χ4n) is 2.01. The monoisotopic (exact) mass is 300 g/mol. The maximum atomic E-state index is 11.8. The Morgan fingerprint density at radius 2 is 2.20 bits per heavy atom. The molecule has 112 valence electrons. The molecule has 1 aliphatic heterocycles. The summed E-state index contributed by atoms with van der Waals surface area (Å²) >= 11 is 0. The average molecular weight is 300 g/mol. The minimum atomic E-state index is -3.14. The molecule has 0 aromatic carbocycles. The van der Waals surface area contributed by atoms with Gasteiger partial charge in [0.05, 0.1) is 24.7 Å². The number of anilines is 1. The molecule has 0 N–H and O–H groups in total. The van der Waals surface area contributed by atoms with Gasteiger partial charge in [0.15, 0.2) is 5.82 Å². The molecular formula is C12H20N4O3S. The van der Waals surface area contributed by atoms with E-state index < -0.39 is 10.0 Å². The van der Waals surface area contributed by atoms with Gasteiger partial charge in [-0.3, -0.25) is 4.98 Å². The molecule has 0 spiro atoms. The van der Waals surface area contributed by atoms with Crippen LogP contribution in [0.1, 0.15) is 13.3 Å². The van der Waals surface area contributed by atoms with Crippen LogP contribution in [0, 0.1) is 0 Å². The van der Waals surface area contributed by atoms with Crippen LogP contribution in [-0.4, -0.2) is 61.7 Å². The number of rotatable bonds is 5. The number of aromatic nitrogens is 2. The first-order chi connectivity index (χ1) is 9.42. The van der Waals surface area contributed by atoms with Crippen molar-refractivity contribution in [1.82, 2.24) is 14.3 Å². The molecule has 0 radical (unpaired) electrons. The highest BCUT2D eigenvalue weighted by Crippen LogP contribution is 2.20. The molecule has 20 heavy (non-hydrogen) atoms. The Bertz CT molecular complexity index is 562. The zero-order valence-electron chi connectivity index (χ0n) is 12.0. The standard InChI is InChI=1S/C12H20N4O3S/c1-4-20(17,18)16-6-5-10(9-16)19-12-8-13-7-11(14-12)15(2)3/h7-8,10H,4-6,9H2,1-3H3/t10-/m0/s1. The van der Waals surface area contributed by atoms with Crippen molar-refractivity contribution in [3.63, 3.8) is 0 Å². The van der Waals surface area contributed by atoms with Crippen LogP contribution in [0.2, 0.25) is 0 Å². The molecule has 1 fully saturated rings. The molecule has 1 saturated heterocycles. The predicted octanol–water partition coefficient (Wildman–Crippen LogP) is 0.345. The van der Waals surface area contributed by atoms with Gasteiger partial charge in [0, 0.05) is 20.6 Å². The van der Waals surface area contributed by atoms with Crippen molar-refractivity contribution in [2.24, 2.45) is 0 Å². The smallest absolute Gasteiger partial charge is 0.234 e. The van der Waals surface area contributed by atoms with Gasteiger partial charge < -0.3 is 9.64 Å². The van der Waals surface area contributed by atoms with Gasteiger partial charge in [0.25, 0.3) is 0 Å². The van der Waals surface area contributed by atoms with E-state index in [0.29, 0.717) is 31.2 Å². The Kier molecular flexibility index (Phi) is 4.44. The molecule has 0 amide bonds. The minimum absolute atomic E-state index is 0.121. The Labute approximate surface area is 119 Å². The van der Waals surface area contributed by atoms with Crippen LogP contribution in [0.5, 0.6) is 5.88 Å². The second kappa shape index (κ2) is 5.92. The Hall–Kier alpha value is -1.41. The summed E-state index contributed by atoms with van der Waals surface area (Å²) in [5, 5.41) is 0. The maximum Gasteiger partial charge on any atom is 0.234 e. The van der Waals surface area contributed by atoms with E-state index in [4.69, 9.17) is 4.74 Å². The zero-order valence-corrected chi connectivity index (χ0v) is 12.8. The highest BCUT2D eigenvalue weighted by atomic mass is 32.2. The third kappa shape index (κ3) is 3.37. The largest absolute Gasteiger partial charge is 0.472 e. The second-order valence-electron chi connectivity index (χ2n) is 4.90. The molecule has 1 aliphatic rings. The van der Waals surface area contributed by atoms with Crippen molar-refractivity contribution in [3.05, 3.63) is 12.4 Å². The van der Waals surface area contributed by atoms with E-state index in [9.17, 15) is 8.42 Å². The first-order valence-corrected chi connectivity index (χ1v) is 8.17. The summed E-state index contributed by atoms with van der Waals surface area (Å²) in [7, 11) is 0.612. The summed E-state index contributed by atoms with van der Waals surface area (Å²) in [6.45, 7) is 2.53. The summed E-state index contributed by atoms with van der Waals surface area (Å²) in [4.78, 5) is 10.2. The van der Waals surface area contributed by atoms with Crippen LogP contribution in [0.4, 0.5) is 5.82 Å². The fourth-order valence-corrected chi connectivity index (χ4v) is 3.15. The van der Waals surface area contributed by atoms with Crippen LogP contribution in [0.25, 0.3) is 0 Å². The molecule has 0 aliphatic carbocycles. The van der Waals surface area contributed by atoms with E-state index in [1.54, 1.807) is 19.3 Å². The van der Waals surface area contributed by atoms with Crippen molar-refractivity contribution in [3.8, 4) is 5.88 Å². The van der Waals surface area contributed by atoms with Gasteiger partial charge in [-0.2, -0.15) is 9.29 Å². The van der Waals surface area contributed by atoms with E-state index in [-0.39, 0.29) is 11.9 Å². The lowest BCUT2D eigenvalue weighted by Gasteiger charge is -2.16. The molecule has 8 heteroatoms. The normalized spacial score (nSPS) is 20.1. The molecule has 7 nitrogen and oxygen atoms in total. The molecule has 2 heterocycles. The van der Waals surface area contributed by atoms with Gasteiger partial charge in [-0.1, -0.05) is 0 Å². The molecule has 1 aromatic rings. The van der Waals surface area contributed by atoms with Crippen molar-refractivity contribution in [2.75, 3.05) is 37.8 Å². The van der Waals surface area contributed by atoms with Crippen LogP contribution in [-0.2, 0) is 10.0 Å². The molecule has 0 unspecified atom stereocenters. The summed E-state index contributed by atoms with van der Waals surface area (Å²) in [6, 6.07) is 0. The number of hydrogen-bond donors (Lipinski definition) is 0. The second-order valence-corrected chi connectivity index (χ2v) is 7.15. The summed E-state index contributed by atoms with van der Waals surface area (Å²) in [5.74, 6) is 1.26. The van der Waals surface area contributed by atoms with Crippen molar-refractivity contribution in [1.29, 1.82) is 0 Å². The lowest BCUT2D eigenvalue weighted by atomic mass is 10.3. The zero-order chi connectivity index (χ0) is 14.8. The Morgan fingerprint density at radius 3 is 2.85 bits per heavy atom. The van der Waals surface area contributed by atoms with Crippen molar-refractivity contribution >= 4 is 15.8 Å². The number of nitrogens with zero attached hydrogens (tertiary/aromatic N) is 4. The number of sulfonamides is 1. The maximum absolute atomic E-state index is 11.8. The van der Waals surface area contributed by atoms with Crippen LogP contribution < -0.4 is 9.64 Å². The minimum Gasteiger partial charge on any atom is -0.472 e. The molecule has 2 rings (SSSR count). The SMILES string of the molecule is CCS(=O)(=O)N1CC[C@H](Oc2cncc(N(C)C)n2)C1. The van der Waals surface area contributed by atoms with Crippen LogP contribution >= 0.6 is 0 Å².